The van der Waals surface area contributed by atoms with Gasteiger partial charge in [-0.2, -0.15) is 0 Å². The Kier molecular flexibility index (Phi) is 4.89. The molecule has 132 valence electrons. The van der Waals surface area contributed by atoms with Gasteiger partial charge in [0.05, 0.1) is 13.0 Å². The first-order chi connectivity index (χ1) is 12.7. The summed E-state index contributed by atoms with van der Waals surface area (Å²) >= 11 is 3.36. The van der Waals surface area contributed by atoms with E-state index in [4.69, 9.17) is 4.74 Å². The van der Waals surface area contributed by atoms with E-state index in [0.717, 1.165) is 28.4 Å². The molecular formula is C21H19BrN2O2. The molecule has 4 rings (SSSR count). The number of hydrogen-bond donors (Lipinski definition) is 0. The monoisotopic (exact) mass is 410 g/mol. The number of rotatable bonds is 4. The zero-order valence-electron chi connectivity index (χ0n) is 14.3. The summed E-state index contributed by atoms with van der Waals surface area (Å²) in [6.45, 7) is 1.34. The number of likely N-dealkylation sites (tertiary alicyclic amines) is 1. The average molecular weight is 411 g/mol. The Hall–Kier alpha value is -2.40. The Balaban J connectivity index is 1.40. The van der Waals surface area contributed by atoms with E-state index in [9.17, 15) is 4.79 Å². The number of pyridine rings is 1. The van der Waals surface area contributed by atoms with Gasteiger partial charge >= 0.3 is 0 Å². The van der Waals surface area contributed by atoms with Gasteiger partial charge in [0, 0.05) is 29.7 Å². The smallest absolute Gasteiger partial charge is 0.227 e. The average Bonchev–Trinajstić information content (AvgIpc) is 3.13. The quantitative estimate of drug-likeness (QED) is 0.646. The molecule has 3 aromatic rings. The molecule has 1 fully saturated rings. The number of carbonyl (C=O) groups excluding carboxylic acids is 1. The van der Waals surface area contributed by atoms with E-state index >= 15 is 0 Å². The Morgan fingerprint density at radius 3 is 2.85 bits per heavy atom. The molecule has 0 saturated carbocycles. The number of benzene rings is 2. The van der Waals surface area contributed by atoms with Crippen LogP contribution in [0, 0.1) is 0 Å². The van der Waals surface area contributed by atoms with E-state index in [1.54, 1.807) is 6.20 Å². The Morgan fingerprint density at radius 1 is 1.15 bits per heavy atom. The fourth-order valence-corrected chi connectivity index (χ4v) is 3.61. The Morgan fingerprint density at radius 2 is 2.00 bits per heavy atom. The van der Waals surface area contributed by atoms with Crippen LogP contribution in [-0.2, 0) is 11.2 Å². The molecule has 4 nitrogen and oxygen atoms in total. The topological polar surface area (TPSA) is 42.4 Å². The molecule has 1 amide bonds. The van der Waals surface area contributed by atoms with E-state index in [0.29, 0.717) is 18.8 Å². The Labute approximate surface area is 160 Å². The van der Waals surface area contributed by atoms with E-state index < -0.39 is 0 Å². The Bertz CT molecular complexity index is 921. The number of amides is 1. The lowest BCUT2D eigenvalue weighted by atomic mass is 10.0. The number of halogens is 1. The zero-order valence-corrected chi connectivity index (χ0v) is 15.9. The maximum Gasteiger partial charge on any atom is 0.227 e. The molecule has 0 N–H and O–H groups in total. The summed E-state index contributed by atoms with van der Waals surface area (Å²) in [6, 6.07) is 18.1. The van der Waals surface area contributed by atoms with Gasteiger partial charge in [-0.25, -0.2) is 4.98 Å². The summed E-state index contributed by atoms with van der Waals surface area (Å²) in [6.07, 6.45) is 2.97. The van der Waals surface area contributed by atoms with Crippen LogP contribution in [0.3, 0.4) is 0 Å². The van der Waals surface area contributed by atoms with Gasteiger partial charge < -0.3 is 9.64 Å². The third-order valence-electron chi connectivity index (χ3n) is 4.71. The highest BCUT2D eigenvalue weighted by Crippen LogP contribution is 2.22. The highest BCUT2D eigenvalue weighted by molar-refractivity contribution is 9.10. The fourth-order valence-electron chi connectivity index (χ4n) is 3.38. The van der Waals surface area contributed by atoms with Crippen molar-refractivity contribution in [1.82, 2.24) is 9.88 Å². The largest absolute Gasteiger partial charge is 0.472 e. The summed E-state index contributed by atoms with van der Waals surface area (Å²) in [5, 5.41) is 2.32. The SMILES string of the molecule is O=C(Cc1cccc2ccccc12)N1CCC(Oc2ccc(Br)cn2)C1. The van der Waals surface area contributed by atoms with Crippen LogP contribution in [0.15, 0.2) is 65.3 Å². The van der Waals surface area contributed by atoms with Crippen LogP contribution in [0.1, 0.15) is 12.0 Å². The minimum Gasteiger partial charge on any atom is -0.472 e. The lowest BCUT2D eigenvalue weighted by Crippen LogP contribution is -2.32. The first-order valence-electron chi connectivity index (χ1n) is 8.72. The first kappa shape index (κ1) is 17.0. The summed E-state index contributed by atoms with van der Waals surface area (Å²) < 4.78 is 6.82. The lowest BCUT2D eigenvalue weighted by molar-refractivity contribution is -0.129. The summed E-state index contributed by atoms with van der Waals surface area (Å²) in [5.41, 5.74) is 1.08. The molecule has 26 heavy (non-hydrogen) atoms. The van der Waals surface area contributed by atoms with Gasteiger partial charge in [0.2, 0.25) is 11.8 Å². The molecule has 1 aromatic heterocycles. The van der Waals surface area contributed by atoms with Gasteiger partial charge in [0.15, 0.2) is 0 Å². The number of aromatic nitrogens is 1. The van der Waals surface area contributed by atoms with Crippen molar-refractivity contribution in [2.75, 3.05) is 13.1 Å². The molecular weight excluding hydrogens is 392 g/mol. The maximum atomic E-state index is 12.7. The minimum atomic E-state index is 0.000132. The summed E-state index contributed by atoms with van der Waals surface area (Å²) in [7, 11) is 0. The lowest BCUT2D eigenvalue weighted by Gasteiger charge is -2.17. The first-order valence-corrected chi connectivity index (χ1v) is 9.51. The van der Waals surface area contributed by atoms with E-state index in [-0.39, 0.29) is 12.0 Å². The molecule has 1 aliphatic heterocycles. The second kappa shape index (κ2) is 7.46. The summed E-state index contributed by atoms with van der Waals surface area (Å²) in [5.74, 6) is 0.748. The van der Waals surface area contributed by atoms with Gasteiger partial charge in [-0.15, -0.1) is 0 Å². The zero-order chi connectivity index (χ0) is 17.9. The normalized spacial score (nSPS) is 16.8. The molecule has 0 spiro atoms. The van der Waals surface area contributed by atoms with Gasteiger partial charge in [0.25, 0.3) is 0 Å². The molecule has 1 saturated heterocycles. The van der Waals surface area contributed by atoms with Crippen LogP contribution in [0.4, 0.5) is 0 Å². The third-order valence-corrected chi connectivity index (χ3v) is 5.18. The molecule has 0 radical (unpaired) electrons. The maximum absolute atomic E-state index is 12.7. The van der Waals surface area contributed by atoms with Crippen LogP contribution in [0.2, 0.25) is 0 Å². The molecule has 0 bridgehead atoms. The minimum absolute atomic E-state index is 0.000132. The van der Waals surface area contributed by atoms with Crippen molar-refractivity contribution in [2.24, 2.45) is 0 Å². The molecule has 5 heteroatoms. The highest BCUT2D eigenvalue weighted by atomic mass is 79.9. The van der Waals surface area contributed by atoms with Crippen molar-refractivity contribution < 1.29 is 9.53 Å². The van der Waals surface area contributed by atoms with E-state index in [1.807, 2.05) is 41.3 Å². The molecule has 2 heterocycles. The number of ether oxygens (including phenoxy) is 1. The number of carbonyl (C=O) groups is 1. The van der Waals surface area contributed by atoms with Crippen LogP contribution in [0.5, 0.6) is 5.88 Å². The van der Waals surface area contributed by atoms with Crippen molar-refractivity contribution >= 4 is 32.6 Å². The van der Waals surface area contributed by atoms with Gasteiger partial charge in [0.1, 0.15) is 6.10 Å². The molecule has 2 aromatic carbocycles. The van der Waals surface area contributed by atoms with Gasteiger partial charge in [-0.1, -0.05) is 42.5 Å². The van der Waals surface area contributed by atoms with E-state index in [1.165, 1.54) is 5.39 Å². The van der Waals surface area contributed by atoms with Crippen molar-refractivity contribution in [3.63, 3.8) is 0 Å². The summed E-state index contributed by atoms with van der Waals surface area (Å²) in [4.78, 5) is 18.9. The third kappa shape index (κ3) is 3.73. The van der Waals surface area contributed by atoms with Crippen LogP contribution in [-0.4, -0.2) is 35.0 Å². The van der Waals surface area contributed by atoms with E-state index in [2.05, 4.69) is 39.1 Å². The van der Waals surface area contributed by atoms with Gasteiger partial charge in [-0.3, -0.25) is 4.79 Å². The number of fused-ring (bicyclic) bond motifs is 1. The molecule has 1 atom stereocenters. The van der Waals surface area contributed by atoms with Crippen molar-refractivity contribution in [1.29, 1.82) is 0 Å². The number of nitrogens with zero attached hydrogens (tertiary/aromatic N) is 2. The predicted molar refractivity (Wildman–Crippen MR) is 105 cm³/mol. The van der Waals surface area contributed by atoms with Gasteiger partial charge in [-0.05, 0) is 38.3 Å². The van der Waals surface area contributed by atoms with Crippen molar-refractivity contribution in [2.45, 2.75) is 18.9 Å². The predicted octanol–water partition coefficient (Wildman–Crippen LogP) is 4.22. The van der Waals surface area contributed by atoms with Crippen molar-refractivity contribution in [3.8, 4) is 5.88 Å². The second-order valence-corrected chi connectivity index (χ2v) is 7.41. The number of hydrogen-bond acceptors (Lipinski definition) is 3. The second-order valence-electron chi connectivity index (χ2n) is 6.50. The van der Waals surface area contributed by atoms with Crippen LogP contribution in [0.25, 0.3) is 10.8 Å². The van der Waals surface area contributed by atoms with Crippen LogP contribution >= 0.6 is 15.9 Å². The van der Waals surface area contributed by atoms with Crippen molar-refractivity contribution in [3.05, 3.63) is 70.8 Å². The molecule has 0 aliphatic carbocycles. The fraction of sp³-hybridized carbons (Fsp3) is 0.238. The highest BCUT2D eigenvalue weighted by Gasteiger charge is 2.28. The molecule has 1 aliphatic rings. The molecule has 1 unspecified atom stereocenters. The standard InChI is InChI=1S/C21H19BrN2O2/c22-17-8-9-20(23-13-17)26-18-10-11-24(14-18)21(25)12-16-6-3-5-15-4-1-2-7-19(15)16/h1-9,13,18H,10-12,14H2. The van der Waals surface area contributed by atoms with Crippen LogP contribution < -0.4 is 4.74 Å².